The number of ether oxygens (including phenoxy) is 1. The third kappa shape index (κ3) is 8.56. The summed E-state index contributed by atoms with van der Waals surface area (Å²) in [5.41, 5.74) is 21.7. The Kier molecular flexibility index (Phi) is 12.0. The SMILES string of the molecule is CCn1nc(C)cc1C(=O)Nc1nc2cc(C(N)=O)cnc2n1C/C=C/Cn1c(NC(=O)c2c(N)c(C)nn2CC)nc2cc(C(N)=O)cc(OCCCN3CC4CNCC4C3)c21. The van der Waals surface area contributed by atoms with Gasteiger partial charge in [-0.25, -0.2) is 15.0 Å². The number of pyridine rings is 1. The second kappa shape index (κ2) is 17.7. The number of benzene rings is 1. The van der Waals surface area contributed by atoms with Gasteiger partial charge in [-0.3, -0.25) is 43.7 Å². The van der Waals surface area contributed by atoms with E-state index in [1.165, 1.54) is 16.9 Å². The molecule has 2 atom stereocenters. The number of likely N-dealkylation sites (tertiary alicyclic amines) is 1. The number of primary amides is 2. The molecule has 0 spiro atoms. The summed E-state index contributed by atoms with van der Waals surface area (Å²) in [7, 11) is 0. The molecule has 2 fully saturated rings. The molecule has 0 saturated carbocycles. The lowest BCUT2D eigenvalue weighted by Crippen LogP contribution is -2.27. The number of imidazole rings is 2. The number of nitrogens with two attached hydrogens (primary N) is 3. The summed E-state index contributed by atoms with van der Waals surface area (Å²) >= 11 is 0. The van der Waals surface area contributed by atoms with Gasteiger partial charge in [0.1, 0.15) is 28.2 Å². The number of carbonyl (C=O) groups excluding carboxylic acids is 4. The predicted octanol–water partition coefficient (Wildman–Crippen LogP) is 2.29. The monoisotopic (exact) mass is 860 g/mol. The van der Waals surface area contributed by atoms with Gasteiger partial charge in [0.05, 0.1) is 34.8 Å². The summed E-state index contributed by atoms with van der Waals surface area (Å²) in [5, 5.41) is 18.1. The highest BCUT2D eigenvalue weighted by Gasteiger charge is 2.35. The van der Waals surface area contributed by atoms with Crippen molar-refractivity contribution in [1.82, 2.24) is 53.9 Å². The van der Waals surface area contributed by atoms with Gasteiger partial charge in [0.25, 0.3) is 11.8 Å². The third-order valence-electron chi connectivity index (χ3n) is 11.6. The highest BCUT2D eigenvalue weighted by molar-refractivity contribution is 6.07. The van der Waals surface area contributed by atoms with Crippen LogP contribution in [0.5, 0.6) is 5.75 Å². The Labute approximate surface area is 362 Å². The lowest BCUT2D eigenvalue weighted by molar-refractivity contribution is 0.0991. The quantitative estimate of drug-likeness (QED) is 0.0568. The summed E-state index contributed by atoms with van der Waals surface area (Å²) in [5.74, 6) is -0.212. The zero-order chi connectivity index (χ0) is 44.5. The van der Waals surface area contributed by atoms with Gasteiger partial charge in [0.15, 0.2) is 5.65 Å². The van der Waals surface area contributed by atoms with Crippen LogP contribution in [-0.2, 0) is 26.2 Å². The maximum absolute atomic E-state index is 13.9. The molecular weight excluding hydrogens is 809 g/mol. The minimum Gasteiger partial charge on any atom is -0.491 e. The summed E-state index contributed by atoms with van der Waals surface area (Å²) in [6.45, 7) is 13.9. The second-order valence-corrected chi connectivity index (χ2v) is 15.9. The number of fused-ring (bicyclic) bond motifs is 3. The van der Waals surface area contributed by atoms with Gasteiger partial charge in [-0.05, 0) is 83.3 Å². The van der Waals surface area contributed by atoms with Crippen LogP contribution in [-0.4, -0.2) is 112 Å². The number of aromatic nitrogens is 9. The van der Waals surface area contributed by atoms with E-state index >= 15 is 0 Å². The Balaban J connectivity index is 1.11. The zero-order valence-electron chi connectivity index (χ0n) is 35.7. The average molecular weight is 861 g/mol. The summed E-state index contributed by atoms with van der Waals surface area (Å²) in [4.78, 5) is 68.5. The molecule has 21 heteroatoms. The van der Waals surface area contributed by atoms with Crippen molar-refractivity contribution in [3.63, 3.8) is 0 Å². The van der Waals surface area contributed by atoms with Gasteiger partial charge in [0.2, 0.25) is 23.7 Å². The van der Waals surface area contributed by atoms with Crippen LogP contribution in [0.3, 0.4) is 0 Å². The van der Waals surface area contributed by atoms with E-state index in [1.54, 1.807) is 45.9 Å². The molecule has 9 N–H and O–H groups in total. The normalized spacial score (nSPS) is 16.4. The molecule has 2 unspecified atom stereocenters. The molecule has 7 heterocycles. The first-order valence-corrected chi connectivity index (χ1v) is 21.0. The molecular formula is C42H52N16O5. The van der Waals surface area contributed by atoms with Crippen LogP contribution < -0.4 is 37.9 Å². The number of hydrogen-bond donors (Lipinski definition) is 6. The number of nitrogens with zero attached hydrogens (tertiary/aromatic N) is 10. The van der Waals surface area contributed by atoms with E-state index in [-0.39, 0.29) is 47.5 Å². The number of hydrogen-bond acceptors (Lipinski definition) is 13. The van der Waals surface area contributed by atoms with E-state index in [1.807, 2.05) is 26.0 Å². The van der Waals surface area contributed by atoms with E-state index in [0.717, 1.165) is 39.1 Å². The fourth-order valence-electron chi connectivity index (χ4n) is 8.49. The number of amides is 4. The van der Waals surface area contributed by atoms with Gasteiger partial charge in [0, 0.05) is 57.6 Å². The number of nitrogens with one attached hydrogen (secondary N) is 3. The first-order valence-electron chi connectivity index (χ1n) is 21.0. The summed E-state index contributed by atoms with van der Waals surface area (Å²) in [6, 6.07) is 6.37. The molecule has 8 rings (SSSR count). The molecule has 4 amide bonds. The number of carbonyl (C=O) groups is 4. The Morgan fingerprint density at radius 2 is 1.49 bits per heavy atom. The first kappa shape index (κ1) is 42.6. The minimum absolute atomic E-state index is 0.160. The van der Waals surface area contributed by atoms with Crippen molar-refractivity contribution < 1.29 is 23.9 Å². The lowest BCUT2D eigenvalue weighted by atomic mass is 10.0. The highest BCUT2D eigenvalue weighted by atomic mass is 16.5. The van der Waals surface area contributed by atoms with Gasteiger partial charge >= 0.3 is 0 Å². The highest BCUT2D eigenvalue weighted by Crippen LogP contribution is 2.32. The Hall–Kier alpha value is -7.13. The third-order valence-corrected chi connectivity index (χ3v) is 11.6. The first-order chi connectivity index (χ1) is 30.3. The molecule has 0 bridgehead atoms. The van der Waals surface area contributed by atoms with Crippen molar-refractivity contribution in [3.05, 3.63) is 76.5 Å². The molecule has 5 aromatic heterocycles. The van der Waals surface area contributed by atoms with Gasteiger partial charge in [-0.2, -0.15) is 10.2 Å². The van der Waals surface area contributed by atoms with Crippen molar-refractivity contribution >= 4 is 63.4 Å². The number of rotatable bonds is 17. The molecule has 6 aromatic rings. The van der Waals surface area contributed by atoms with E-state index < -0.39 is 23.6 Å². The van der Waals surface area contributed by atoms with Crippen LogP contribution in [0.1, 0.15) is 73.3 Å². The average Bonchev–Trinajstić information content (AvgIpc) is 4.11. The van der Waals surface area contributed by atoms with Gasteiger partial charge in [-0.1, -0.05) is 12.2 Å². The van der Waals surface area contributed by atoms with Crippen LogP contribution in [0.2, 0.25) is 0 Å². The molecule has 2 aliphatic heterocycles. The predicted molar refractivity (Wildman–Crippen MR) is 235 cm³/mol. The minimum atomic E-state index is -0.670. The summed E-state index contributed by atoms with van der Waals surface area (Å²) in [6.07, 6.45) is 5.79. The fourth-order valence-corrected chi connectivity index (χ4v) is 8.49. The smallest absolute Gasteiger partial charge is 0.278 e. The Morgan fingerprint density at radius 1 is 0.841 bits per heavy atom. The van der Waals surface area contributed by atoms with Gasteiger partial charge < -0.3 is 36.7 Å². The van der Waals surface area contributed by atoms with Crippen molar-refractivity contribution in [1.29, 1.82) is 0 Å². The van der Waals surface area contributed by atoms with Crippen LogP contribution in [0.15, 0.2) is 42.6 Å². The lowest BCUT2D eigenvalue weighted by Gasteiger charge is -2.17. The number of anilines is 3. The largest absolute Gasteiger partial charge is 0.491 e. The molecule has 2 saturated heterocycles. The maximum atomic E-state index is 13.9. The number of aryl methyl sites for hydroxylation is 4. The molecule has 63 heavy (non-hydrogen) atoms. The Bertz CT molecular complexity index is 2770. The van der Waals surface area contributed by atoms with E-state index in [2.05, 4.69) is 41.0 Å². The molecule has 1 aromatic carbocycles. The van der Waals surface area contributed by atoms with Crippen molar-refractivity contribution in [3.8, 4) is 5.75 Å². The number of nitrogen functional groups attached to an aromatic ring is 1. The molecule has 0 aliphatic carbocycles. The number of allylic oxidation sites excluding steroid dienone is 2. The summed E-state index contributed by atoms with van der Waals surface area (Å²) < 4.78 is 13.0. The van der Waals surface area contributed by atoms with E-state index in [0.29, 0.717) is 76.6 Å². The van der Waals surface area contributed by atoms with Gasteiger partial charge in [-0.15, -0.1) is 0 Å². The topological polar surface area (TPSA) is 279 Å². The molecule has 21 nitrogen and oxygen atoms in total. The fraction of sp³-hybridized carbons (Fsp3) is 0.405. The standard InChI is InChI=1S/C42H52N16O5/c1-5-57-31(14-23(3)52-57)39(61)50-42-49-30-16-26(37(45)60)20-47-38(30)56(42)12-8-7-11-55-34-29(48-41(55)51-40(62)35-33(43)24(4)53-58(35)6-2)15-25(36(44)59)17-32(34)63-13-9-10-54-21-27-18-46-19-28(27)22-54/h7-8,14-17,20,27-28,46H,5-6,9-13,18-19,21-22,43H2,1-4H3,(H2,44,59)(H2,45,60)(H,48,51,62)(H,49,50,61)/b8-7+. The van der Waals surface area contributed by atoms with Crippen molar-refractivity contribution in [2.75, 3.05) is 55.7 Å². The molecule has 2 aliphatic rings. The van der Waals surface area contributed by atoms with Crippen LogP contribution in [0.25, 0.3) is 22.2 Å². The molecule has 330 valence electrons. The molecule has 0 radical (unpaired) electrons. The zero-order valence-corrected chi connectivity index (χ0v) is 35.7. The van der Waals surface area contributed by atoms with Crippen LogP contribution in [0.4, 0.5) is 17.6 Å². The van der Waals surface area contributed by atoms with Crippen LogP contribution in [0, 0.1) is 25.7 Å². The van der Waals surface area contributed by atoms with E-state index in [9.17, 15) is 19.2 Å². The van der Waals surface area contributed by atoms with Crippen LogP contribution >= 0.6 is 0 Å². The Morgan fingerprint density at radius 3 is 2.19 bits per heavy atom. The van der Waals surface area contributed by atoms with Crippen molar-refractivity contribution in [2.45, 2.75) is 60.3 Å². The second-order valence-electron chi connectivity index (χ2n) is 15.9. The van der Waals surface area contributed by atoms with Crippen molar-refractivity contribution in [2.24, 2.45) is 23.3 Å². The maximum Gasteiger partial charge on any atom is 0.278 e. The van der Waals surface area contributed by atoms with E-state index in [4.69, 9.17) is 26.9 Å².